The Bertz CT molecular complexity index is 1020. The molecule has 0 aliphatic carbocycles. The number of methoxy groups -OCH3 is 1. The predicted molar refractivity (Wildman–Crippen MR) is 129 cm³/mol. The Morgan fingerprint density at radius 2 is 1.61 bits per heavy atom. The molecule has 0 unspecified atom stereocenters. The first kappa shape index (κ1) is 21.6. The number of nitrogens with zero attached hydrogens (tertiary/aromatic N) is 2. The summed E-state index contributed by atoms with van der Waals surface area (Å²) in [5.41, 5.74) is 3.02. The highest BCUT2D eigenvalue weighted by Gasteiger charge is 2.23. The first-order valence-corrected chi connectivity index (χ1v) is 11.6. The fourth-order valence-electron chi connectivity index (χ4n) is 3.67. The van der Waals surface area contributed by atoms with Crippen LogP contribution in [0.4, 0.5) is 5.69 Å². The van der Waals surface area contributed by atoms with Crippen LogP contribution in [0.3, 0.4) is 0 Å². The van der Waals surface area contributed by atoms with E-state index in [4.69, 9.17) is 16.3 Å². The SMILES string of the molecule is COc1ccccc1N1CCN(C(=O)c2ccc(CSc3ccc(Cl)cc3)cc2)CC1. The van der Waals surface area contributed by atoms with E-state index in [-0.39, 0.29) is 5.91 Å². The fraction of sp³-hybridized carbons (Fsp3) is 0.240. The molecule has 1 heterocycles. The molecule has 3 aromatic rings. The van der Waals surface area contributed by atoms with Crippen molar-refractivity contribution >= 4 is 35.0 Å². The van der Waals surface area contributed by atoms with Gasteiger partial charge in [0.2, 0.25) is 0 Å². The van der Waals surface area contributed by atoms with Gasteiger partial charge < -0.3 is 14.5 Å². The van der Waals surface area contributed by atoms with Crippen LogP contribution in [0.15, 0.2) is 77.7 Å². The number of carbonyl (C=O) groups is 1. The molecule has 0 N–H and O–H groups in total. The van der Waals surface area contributed by atoms with Gasteiger partial charge in [-0.1, -0.05) is 35.9 Å². The average molecular weight is 453 g/mol. The van der Waals surface area contributed by atoms with E-state index in [2.05, 4.69) is 11.0 Å². The standard InChI is InChI=1S/C25H25ClN2O2S/c1-30-24-5-3-2-4-23(24)27-14-16-28(17-15-27)25(29)20-8-6-19(7-9-20)18-31-22-12-10-21(26)11-13-22/h2-13H,14-18H2,1H3. The van der Waals surface area contributed by atoms with Crippen molar-refractivity contribution in [3.05, 3.63) is 88.9 Å². The summed E-state index contributed by atoms with van der Waals surface area (Å²) in [4.78, 5) is 18.3. The maximum atomic E-state index is 13.0. The van der Waals surface area contributed by atoms with E-state index in [0.29, 0.717) is 13.1 Å². The number of ether oxygens (including phenoxy) is 1. The second-order valence-corrected chi connectivity index (χ2v) is 8.88. The summed E-state index contributed by atoms with van der Waals surface area (Å²) in [5, 5.41) is 0.746. The van der Waals surface area contributed by atoms with Crippen LogP contribution >= 0.6 is 23.4 Å². The predicted octanol–water partition coefficient (Wildman–Crippen LogP) is 5.60. The Labute approximate surface area is 192 Å². The van der Waals surface area contributed by atoms with Crippen LogP contribution in [0.5, 0.6) is 5.75 Å². The Hall–Kier alpha value is -2.63. The van der Waals surface area contributed by atoms with Crippen molar-refractivity contribution in [3.8, 4) is 5.75 Å². The Balaban J connectivity index is 1.32. The number of thioether (sulfide) groups is 1. The molecule has 0 saturated carbocycles. The zero-order valence-electron chi connectivity index (χ0n) is 17.5. The largest absolute Gasteiger partial charge is 0.495 e. The molecule has 1 aliphatic heterocycles. The van der Waals surface area contributed by atoms with Gasteiger partial charge in [0, 0.05) is 47.4 Å². The molecule has 0 spiro atoms. The molecular weight excluding hydrogens is 428 g/mol. The monoisotopic (exact) mass is 452 g/mol. The average Bonchev–Trinajstić information content (AvgIpc) is 2.83. The van der Waals surface area contributed by atoms with Gasteiger partial charge in [-0.15, -0.1) is 11.8 Å². The van der Waals surface area contributed by atoms with Gasteiger partial charge in [-0.25, -0.2) is 0 Å². The van der Waals surface area contributed by atoms with E-state index in [1.54, 1.807) is 18.9 Å². The lowest BCUT2D eigenvalue weighted by Gasteiger charge is -2.36. The molecule has 4 nitrogen and oxygen atoms in total. The van der Waals surface area contributed by atoms with Crippen molar-refractivity contribution in [3.63, 3.8) is 0 Å². The van der Waals surface area contributed by atoms with E-state index in [1.165, 1.54) is 10.5 Å². The van der Waals surface area contributed by atoms with Gasteiger partial charge in [-0.2, -0.15) is 0 Å². The molecule has 0 atom stereocenters. The van der Waals surface area contributed by atoms with Crippen molar-refractivity contribution in [1.29, 1.82) is 0 Å². The molecule has 1 fully saturated rings. The summed E-state index contributed by atoms with van der Waals surface area (Å²) in [5.74, 6) is 1.82. The molecule has 0 aromatic heterocycles. The van der Waals surface area contributed by atoms with Crippen LogP contribution in [-0.2, 0) is 5.75 Å². The van der Waals surface area contributed by atoms with Gasteiger partial charge >= 0.3 is 0 Å². The Kier molecular flexibility index (Phi) is 7.05. The molecule has 0 radical (unpaired) electrons. The van der Waals surface area contributed by atoms with Gasteiger partial charge in [-0.05, 0) is 54.1 Å². The summed E-state index contributed by atoms with van der Waals surface area (Å²) < 4.78 is 5.48. The Morgan fingerprint density at radius 1 is 0.935 bits per heavy atom. The highest BCUT2D eigenvalue weighted by Crippen LogP contribution is 2.29. The molecule has 31 heavy (non-hydrogen) atoms. The number of carbonyl (C=O) groups excluding carboxylic acids is 1. The number of anilines is 1. The van der Waals surface area contributed by atoms with E-state index in [1.807, 2.05) is 71.6 Å². The van der Waals surface area contributed by atoms with E-state index in [0.717, 1.165) is 40.9 Å². The minimum atomic E-state index is 0.0941. The number of halogens is 1. The summed E-state index contributed by atoms with van der Waals surface area (Å²) in [7, 11) is 1.69. The van der Waals surface area contributed by atoms with Crippen LogP contribution in [-0.4, -0.2) is 44.1 Å². The lowest BCUT2D eigenvalue weighted by atomic mass is 10.1. The smallest absolute Gasteiger partial charge is 0.253 e. The topological polar surface area (TPSA) is 32.8 Å². The van der Waals surface area contributed by atoms with Crippen molar-refractivity contribution in [2.24, 2.45) is 0 Å². The molecule has 1 saturated heterocycles. The van der Waals surface area contributed by atoms with Gasteiger partial charge in [0.15, 0.2) is 0 Å². The summed E-state index contributed by atoms with van der Waals surface area (Å²) >= 11 is 7.70. The highest BCUT2D eigenvalue weighted by atomic mass is 35.5. The van der Waals surface area contributed by atoms with Gasteiger partial charge in [0.1, 0.15) is 5.75 Å². The van der Waals surface area contributed by atoms with E-state index >= 15 is 0 Å². The van der Waals surface area contributed by atoms with Gasteiger partial charge in [0.25, 0.3) is 5.91 Å². The lowest BCUT2D eigenvalue weighted by molar-refractivity contribution is 0.0746. The first-order valence-electron chi connectivity index (χ1n) is 10.3. The molecular formula is C25H25ClN2O2S. The maximum Gasteiger partial charge on any atom is 0.253 e. The number of rotatable bonds is 6. The summed E-state index contributed by atoms with van der Waals surface area (Å²) in [6, 6.07) is 23.8. The second-order valence-electron chi connectivity index (χ2n) is 7.39. The molecule has 3 aromatic carbocycles. The third kappa shape index (κ3) is 5.35. The van der Waals surface area contributed by atoms with Gasteiger partial charge in [0.05, 0.1) is 12.8 Å². The van der Waals surface area contributed by atoms with Gasteiger partial charge in [-0.3, -0.25) is 4.79 Å². The number of hydrogen-bond donors (Lipinski definition) is 0. The quantitative estimate of drug-likeness (QED) is 0.455. The number of benzene rings is 3. The van der Waals surface area contributed by atoms with Crippen LogP contribution in [0.25, 0.3) is 0 Å². The minimum Gasteiger partial charge on any atom is -0.495 e. The van der Waals surface area contributed by atoms with Crippen LogP contribution in [0.2, 0.25) is 5.02 Å². The first-order chi connectivity index (χ1) is 15.1. The number of piperazine rings is 1. The van der Waals surface area contributed by atoms with Crippen molar-refractivity contribution < 1.29 is 9.53 Å². The van der Waals surface area contributed by atoms with Crippen LogP contribution < -0.4 is 9.64 Å². The summed E-state index contributed by atoms with van der Waals surface area (Å²) in [6.45, 7) is 2.99. The minimum absolute atomic E-state index is 0.0941. The summed E-state index contributed by atoms with van der Waals surface area (Å²) in [6.07, 6.45) is 0. The number of para-hydroxylation sites is 2. The normalized spacial score (nSPS) is 13.9. The zero-order chi connectivity index (χ0) is 21.6. The molecule has 0 bridgehead atoms. The number of amides is 1. The highest BCUT2D eigenvalue weighted by molar-refractivity contribution is 7.98. The zero-order valence-corrected chi connectivity index (χ0v) is 19.0. The third-order valence-electron chi connectivity index (χ3n) is 5.41. The second kappa shape index (κ2) is 10.1. The maximum absolute atomic E-state index is 13.0. The lowest BCUT2D eigenvalue weighted by Crippen LogP contribution is -2.48. The fourth-order valence-corrected chi connectivity index (χ4v) is 4.65. The molecule has 4 rings (SSSR count). The van der Waals surface area contributed by atoms with Crippen LogP contribution in [0, 0.1) is 0 Å². The Morgan fingerprint density at radius 3 is 2.29 bits per heavy atom. The van der Waals surface area contributed by atoms with E-state index < -0.39 is 0 Å². The third-order valence-corrected chi connectivity index (χ3v) is 6.75. The molecule has 160 valence electrons. The molecule has 6 heteroatoms. The molecule has 1 aliphatic rings. The van der Waals surface area contributed by atoms with Crippen LogP contribution in [0.1, 0.15) is 15.9 Å². The van der Waals surface area contributed by atoms with Crippen molar-refractivity contribution in [1.82, 2.24) is 4.90 Å². The van der Waals surface area contributed by atoms with E-state index in [9.17, 15) is 4.79 Å². The van der Waals surface area contributed by atoms with Crippen molar-refractivity contribution in [2.45, 2.75) is 10.6 Å². The number of hydrogen-bond acceptors (Lipinski definition) is 4. The molecule has 1 amide bonds. The van der Waals surface area contributed by atoms with Crippen molar-refractivity contribution in [2.75, 3.05) is 38.2 Å².